The Hall–Kier alpha value is -4.32. The first-order chi connectivity index (χ1) is 20.9. The van der Waals surface area contributed by atoms with E-state index in [0.717, 1.165) is 25.5 Å². The van der Waals surface area contributed by atoms with Crippen molar-refractivity contribution in [2.24, 2.45) is 0 Å². The monoisotopic (exact) mass is 623 g/mol. The Balaban J connectivity index is 1.49. The second-order valence-corrected chi connectivity index (χ2v) is 11.4. The van der Waals surface area contributed by atoms with Crippen molar-refractivity contribution in [1.82, 2.24) is 14.9 Å². The number of ether oxygens (including phenoxy) is 2. The number of carbonyl (C=O) groups is 1. The highest BCUT2D eigenvalue weighted by atomic mass is 35.5. The van der Waals surface area contributed by atoms with Gasteiger partial charge in [0.1, 0.15) is 23.6 Å². The minimum atomic E-state index is -1.42. The first-order valence-electron chi connectivity index (χ1n) is 13.9. The lowest BCUT2D eigenvalue weighted by atomic mass is 9.96. The fourth-order valence-electron chi connectivity index (χ4n) is 5.05. The topological polar surface area (TPSA) is 109 Å². The number of aromatic nitrogens is 2. The van der Waals surface area contributed by atoms with Gasteiger partial charge in [-0.2, -0.15) is 4.39 Å². The van der Waals surface area contributed by atoms with Crippen LogP contribution >= 0.6 is 11.6 Å². The van der Waals surface area contributed by atoms with Crippen molar-refractivity contribution in [3.05, 3.63) is 83.2 Å². The van der Waals surface area contributed by atoms with Gasteiger partial charge < -0.3 is 25.2 Å². The van der Waals surface area contributed by atoms with Crippen LogP contribution in [-0.2, 0) is 10.4 Å². The van der Waals surface area contributed by atoms with Gasteiger partial charge in [-0.05, 0) is 70.6 Å². The molecule has 44 heavy (non-hydrogen) atoms. The van der Waals surface area contributed by atoms with Crippen molar-refractivity contribution in [2.45, 2.75) is 38.3 Å². The lowest BCUT2D eigenvalue weighted by molar-refractivity contribution is -0.112. The Labute approximate surface area is 258 Å². The quantitative estimate of drug-likeness (QED) is 0.172. The number of anilines is 3. The van der Waals surface area contributed by atoms with E-state index in [0.29, 0.717) is 39.4 Å². The van der Waals surface area contributed by atoms with E-state index in [1.165, 1.54) is 43.8 Å². The third-order valence-electron chi connectivity index (χ3n) is 7.38. The Morgan fingerprint density at radius 3 is 2.64 bits per heavy atom. The smallest absolute Gasteiger partial charge is 0.248 e. The molecule has 9 nitrogen and oxygen atoms in total. The van der Waals surface area contributed by atoms with Crippen LogP contribution in [0.1, 0.15) is 32.3 Å². The third kappa shape index (κ3) is 6.75. The van der Waals surface area contributed by atoms with Crippen LogP contribution < -0.4 is 20.1 Å². The summed E-state index contributed by atoms with van der Waals surface area (Å²) in [6, 6.07) is 10.1. The molecule has 0 bridgehead atoms. The van der Waals surface area contributed by atoms with E-state index < -0.39 is 17.2 Å². The van der Waals surface area contributed by atoms with E-state index in [9.17, 15) is 18.7 Å². The number of nitrogens with zero attached hydrogens (tertiary/aromatic N) is 3. The predicted octanol–water partition coefficient (Wildman–Crippen LogP) is 6.92. The molecule has 1 amide bonds. The molecule has 1 unspecified atom stereocenters. The SMILES string of the molecule is COc1cc2ncnc(Nc3cc(Cl)c(Oc4cccc(F)c4F)cc3C(C)(C)O)c2cc1NC(=O)C=CC1CCCN1C. The number of fused-ring (bicyclic) bond motifs is 1. The highest BCUT2D eigenvalue weighted by Crippen LogP contribution is 2.41. The Bertz CT molecular complexity index is 1740. The lowest BCUT2D eigenvalue weighted by Gasteiger charge is -2.24. The summed E-state index contributed by atoms with van der Waals surface area (Å²) in [6.45, 7) is 4.11. The Morgan fingerprint density at radius 2 is 1.93 bits per heavy atom. The van der Waals surface area contributed by atoms with Crippen LogP contribution in [0, 0.1) is 11.6 Å². The summed E-state index contributed by atoms with van der Waals surface area (Å²) in [5, 5.41) is 17.7. The fraction of sp³-hybridized carbons (Fsp3) is 0.281. The third-order valence-corrected chi connectivity index (χ3v) is 7.68. The second kappa shape index (κ2) is 12.7. The number of benzene rings is 3. The molecule has 230 valence electrons. The van der Waals surface area contributed by atoms with E-state index in [2.05, 4.69) is 25.5 Å². The maximum atomic E-state index is 14.3. The van der Waals surface area contributed by atoms with Gasteiger partial charge >= 0.3 is 0 Å². The minimum absolute atomic E-state index is 0.0120. The van der Waals surface area contributed by atoms with Crippen molar-refractivity contribution < 1.29 is 28.2 Å². The number of rotatable bonds is 9. The zero-order chi connectivity index (χ0) is 31.6. The second-order valence-electron chi connectivity index (χ2n) is 11.0. The summed E-state index contributed by atoms with van der Waals surface area (Å²) in [6.07, 6.45) is 6.86. The summed E-state index contributed by atoms with van der Waals surface area (Å²) >= 11 is 6.52. The summed E-state index contributed by atoms with van der Waals surface area (Å²) in [5.41, 5.74) is 0.229. The molecular weight excluding hydrogens is 592 g/mol. The highest BCUT2D eigenvalue weighted by Gasteiger charge is 2.25. The molecule has 1 aliphatic rings. The largest absolute Gasteiger partial charge is 0.494 e. The number of carbonyl (C=O) groups excluding carboxylic acids is 1. The van der Waals surface area contributed by atoms with Crippen LogP contribution in [-0.4, -0.2) is 52.6 Å². The summed E-state index contributed by atoms with van der Waals surface area (Å²) in [4.78, 5) is 23.8. The molecule has 0 spiro atoms. The molecule has 12 heteroatoms. The molecule has 1 atom stereocenters. The molecule has 2 heterocycles. The molecule has 1 aliphatic heterocycles. The number of halogens is 3. The van der Waals surface area contributed by atoms with E-state index in [4.69, 9.17) is 21.1 Å². The van der Waals surface area contributed by atoms with E-state index in [1.54, 1.807) is 26.0 Å². The normalized spacial score (nSPS) is 15.6. The molecule has 3 N–H and O–H groups in total. The van der Waals surface area contributed by atoms with Crippen LogP contribution in [0.2, 0.25) is 5.02 Å². The summed E-state index contributed by atoms with van der Waals surface area (Å²) < 4.78 is 39.2. The summed E-state index contributed by atoms with van der Waals surface area (Å²) in [5.74, 6) is -2.13. The molecule has 1 fully saturated rings. The number of aliphatic hydroxyl groups is 1. The minimum Gasteiger partial charge on any atom is -0.494 e. The average molecular weight is 624 g/mol. The molecule has 3 aromatic carbocycles. The van der Waals surface area contributed by atoms with Crippen LogP contribution in [0.3, 0.4) is 0 Å². The van der Waals surface area contributed by atoms with Gasteiger partial charge in [0.15, 0.2) is 11.6 Å². The first kappa shape index (κ1) is 31.1. The molecule has 0 radical (unpaired) electrons. The van der Waals surface area contributed by atoms with Gasteiger partial charge in [-0.3, -0.25) is 9.69 Å². The standard InChI is InChI=1S/C32H32ClF2N5O4/c1-32(2,42)20-14-27(44-26-9-5-8-22(34)30(26)35)21(33)15-24(20)39-31-19-13-25(28(43-4)16-23(19)36-17-37-31)38-29(41)11-10-18-7-6-12-40(18)3/h5,8-11,13-18,42H,6-7,12H2,1-4H3,(H,38,41)(H,36,37,39). The number of likely N-dealkylation sites (tertiary alicyclic amines) is 1. The van der Waals surface area contributed by atoms with Gasteiger partial charge in [0.05, 0.1) is 28.9 Å². The molecule has 5 rings (SSSR count). The molecule has 0 saturated carbocycles. The number of nitrogens with one attached hydrogen (secondary N) is 2. The van der Waals surface area contributed by atoms with Crippen LogP contribution in [0.25, 0.3) is 10.9 Å². The zero-order valence-corrected chi connectivity index (χ0v) is 25.4. The fourth-order valence-corrected chi connectivity index (χ4v) is 5.25. The number of methoxy groups -OCH3 is 1. The highest BCUT2D eigenvalue weighted by molar-refractivity contribution is 6.32. The average Bonchev–Trinajstić information content (AvgIpc) is 3.39. The van der Waals surface area contributed by atoms with E-state index >= 15 is 0 Å². The lowest BCUT2D eigenvalue weighted by Crippen LogP contribution is -2.23. The van der Waals surface area contributed by atoms with Crippen molar-refractivity contribution >= 4 is 45.6 Å². The maximum Gasteiger partial charge on any atom is 0.248 e. The maximum absolute atomic E-state index is 14.3. The van der Waals surface area contributed by atoms with Gasteiger partial charge in [0.25, 0.3) is 0 Å². The number of likely N-dealkylation sites (N-methyl/N-ethyl adjacent to an activating group) is 1. The van der Waals surface area contributed by atoms with Gasteiger partial charge in [0.2, 0.25) is 11.7 Å². The van der Waals surface area contributed by atoms with Gasteiger partial charge in [-0.15, -0.1) is 0 Å². The number of amides is 1. The van der Waals surface area contributed by atoms with E-state index in [-0.39, 0.29) is 28.5 Å². The van der Waals surface area contributed by atoms with Gasteiger partial charge in [-0.1, -0.05) is 23.7 Å². The first-order valence-corrected chi connectivity index (χ1v) is 14.3. The van der Waals surface area contributed by atoms with Crippen LogP contribution in [0.15, 0.2) is 60.9 Å². The van der Waals surface area contributed by atoms with Crippen LogP contribution in [0.4, 0.5) is 26.0 Å². The molecular formula is C32H32ClF2N5O4. The van der Waals surface area contributed by atoms with Gasteiger partial charge in [-0.25, -0.2) is 14.4 Å². The van der Waals surface area contributed by atoms with Crippen molar-refractivity contribution in [1.29, 1.82) is 0 Å². The van der Waals surface area contributed by atoms with Crippen molar-refractivity contribution in [2.75, 3.05) is 31.3 Å². The molecule has 1 aromatic heterocycles. The zero-order valence-electron chi connectivity index (χ0n) is 24.6. The van der Waals surface area contributed by atoms with Gasteiger partial charge in [0, 0.05) is 34.8 Å². The van der Waals surface area contributed by atoms with Crippen LogP contribution in [0.5, 0.6) is 17.2 Å². The van der Waals surface area contributed by atoms with E-state index in [1.807, 2.05) is 13.1 Å². The van der Waals surface area contributed by atoms with Crippen molar-refractivity contribution in [3.63, 3.8) is 0 Å². The Kier molecular flexibility index (Phi) is 9.00. The van der Waals surface area contributed by atoms with Crippen molar-refractivity contribution in [3.8, 4) is 17.2 Å². The molecule has 4 aromatic rings. The summed E-state index contributed by atoms with van der Waals surface area (Å²) in [7, 11) is 3.53. The predicted molar refractivity (Wildman–Crippen MR) is 166 cm³/mol. The number of hydrogen-bond donors (Lipinski definition) is 3. The molecule has 1 saturated heterocycles. The number of hydrogen-bond acceptors (Lipinski definition) is 8. The Morgan fingerprint density at radius 1 is 1.14 bits per heavy atom. The molecule has 0 aliphatic carbocycles.